The highest BCUT2D eigenvalue weighted by Gasteiger charge is 2.71. The number of fused-ring (bicyclic) bond motifs is 2. The van der Waals surface area contributed by atoms with Crippen LogP contribution in [0.3, 0.4) is 0 Å². The summed E-state index contributed by atoms with van der Waals surface area (Å²) in [6.07, 6.45) is -0.686. The van der Waals surface area contributed by atoms with Crippen molar-refractivity contribution in [1.82, 2.24) is 9.80 Å². The number of piperazine rings is 1. The number of nitrogens with zero attached hydrogens (tertiary/aromatic N) is 2. The monoisotopic (exact) mass is 396 g/mol. The van der Waals surface area contributed by atoms with Gasteiger partial charge in [0.25, 0.3) is 5.54 Å². The first-order chi connectivity index (χ1) is 12.9. The van der Waals surface area contributed by atoms with E-state index in [1.165, 1.54) is 7.05 Å². The number of hydrogen-bond donors (Lipinski definition) is 0. The summed E-state index contributed by atoms with van der Waals surface area (Å²) in [5, 5.41) is 0. The van der Waals surface area contributed by atoms with Gasteiger partial charge >= 0.3 is 18.0 Å². The van der Waals surface area contributed by atoms with E-state index < -0.39 is 47.2 Å². The average molecular weight is 396 g/mol. The van der Waals surface area contributed by atoms with Crippen LogP contribution in [-0.4, -0.2) is 77.2 Å². The largest absolute Gasteiger partial charge is 0.464 e. The van der Waals surface area contributed by atoms with Gasteiger partial charge in [0.2, 0.25) is 5.91 Å². The fourth-order valence-electron chi connectivity index (χ4n) is 3.73. The molecule has 9 heteroatoms. The molecule has 28 heavy (non-hydrogen) atoms. The Kier molecular flexibility index (Phi) is 5.77. The molecular formula is C19H28N2O7. The second kappa shape index (κ2) is 7.44. The Morgan fingerprint density at radius 1 is 1.14 bits per heavy atom. The van der Waals surface area contributed by atoms with Gasteiger partial charge in [-0.25, -0.2) is 14.4 Å². The van der Waals surface area contributed by atoms with Crippen molar-refractivity contribution in [3.05, 3.63) is 12.2 Å². The molecule has 156 valence electrons. The number of carbonyl (C=O) groups is 4. The molecule has 0 N–H and O–H groups in total. The summed E-state index contributed by atoms with van der Waals surface area (Å²) in [5.41, 5.74) is -2.63. The van der Waals surface area contributed by atoms with Crippen molar-refractivity contribution in [2.45, 2.75) is 64.3 Å². The van der Waals surface area contributed by atoms with E-state index in [0.29, 0.717) is 5.57 Å². The van der Waals surface area contributed by atoms with Crippen LogP contribution >= 0.6 is 0 Å². The van der Waals surface area contributed by atoms with E-state index in [1.54, 1.807) is 34.6 Å². The lowest BCUT2D eigenvalue weighted by Gasteiger charge is -2.49. The lowest BCUT2D eigenvalue weighted by Crippen LogP contribution is -2.77. The van der Waals surface area contributed by atoms with E-state index in [4.69, 9.17) is 14.2 Å². The first-order valence-corrected chi connectivity index (χ1v) is 9.24. The number of esters is 2. The molecule has 2 saturated heterocycles. The fourth-order valence-corrected chi connectivity index (χ4v) is 3.73. The molecule has 2 bridgehead atoms. The van der Waals surface area contributed by atoms with Crippen molar-refractivity contribution in [1.29, 1.82) is 0 Å². The van der Waals surface area contributed by atoms with Gasteiger partial charge in [0, 0.05) is 7.05 Å². The minimum atomic E-state index is -2.18. The number of carbonyl (C=O) groups excluding carboxylic acids is 4. The molecule has 2 amide bonds. The van der Waals surface area contributed by atoms with Crippen LogP contribution in [0.1, 0.15) is 41.0 Å². The smallest absolute Gasteiger partial charge is 0.411 e. The van der Waals surface area contributed by atoms with Crippen molar-refractivity contribution in [3.8, 4) is 0 Å². The lowest BCUT2D eigenvalue weighted by molar-refractivity contribution is -0.188. The summed E-state index contributed by atoms with van der Waals surface area (Å²) in [4.78, 5) is 54.2. The maximum Gasteiger partial charge on any atom is 0.411 e. The van der Waals surface area contributed by atoms with Crippen LogP contribution in [0.5, 0.6) is 0 Å². The van der Waals surface area contributed by atoms with Gasteiger partial charge in [-0.2, -0.15) is 0 Å². The second-order valence-corrected chi connectivity index (χ2v) is 7.77. The third-order valence-corrected chi connectivity index (χ3v) is 4.77. The number of likely N-dealkylation sites (tertiary alicyclic amines) is 1. The van der Waals surface area contributed by atoms with Crippen LogP contribution in [0.15, 0.2) is 12.2 Å². The molecule has 0 spiro atoms. The molecule has 2 fully saturated rings. The molecule has 2 rings (SSSR count). The van der Waals surface area contributed by atoms with Crippen LogP contribution in [0, 0.1) is 0 Å². The lowest BCUT2D eigenvalue weighted by atomic mass is 9.83. The van der Waals surface area contributed by atoms with E-state index in [9.17, 15) is 19.2 Å². The molecular weight excluding hydrogens is 368 g/mol. The molecule has 9 nitrogen and oxygen atoms in total. The van der Waals surface area contributed by atoms with E-state index in [-0.39, 0.29) is 19.6 Å². The highest BCUT2D eigenvalue weighted by Crippen LogP contribution is 2.45. The Labute approximate surface area is 164 Å². The number of amides is 2. The summed E-state index contributed by atoms with van der Waals surface area (Å²) in [5.74, 6) is -2.52. The molecule has 0 aromatic carbocycles. The molecule has 2 aliphatic rings. The van der Waals surface area contributed by atoms with E-state index in [1.807, 2.05) is 0 Å². The summed E-state index contributed by atoms with van der Waals surface area (Å²) in [6, 6.07) is -2.05. The highest BCUT2D eigenvalue weighted by atomic mass is 16.6. The molecule has 2 heterocycles. The quantitative estimate of drug-likeness (QED) is 0.305. The Bertz CT molecular complexity index is 692. The topological polar surface area (TPSA) is 102 Å². The third kappa shape index (κ3) is 3.22. The van der Waals surface area contributed by atoms with Crippen LogP contribution in [0.4, 0.5) is 4.79 Å². The molecule has 2 aliphatic heterocycles. The average Bonchev–Trinajstić information content (AvgIpc) is 2.87. The van der Waals surface area contributed by atoms with Gasteiger partial charge in [0.1, 0.15) is 17.7 Å². The predicted molar refractivity (Wildman–Crippen MR) is 98.2 cm³/mol. The van der Waals surface area contributed by atoms with E-state index >= 15 is 0 Å². The summed E-state index contributed by atoms with van der Waals surface area (Å²) < 4.78 is 15.7. The molecule has 0 saturated carbocycles. The summed E-state index contributed by atoms with van der Waals surface area (Å²) in [7, 11) is 1.33. The fraction of sp³-hybridized carbons (Fsp3) is 0.684. The van der Waals surface area contributed by atoms with Crippen LogP contribution in [0.2, 0.25) is 0 Å². The minimum absolute atomic E-state index is 0.0168. The van der Waals surface area contributed by atoms with Crippen molar-refractivity contribution in [2.75, 3.05) is 20.3 Å². The first-order valence-electron chi connectivity index (χ1n) is 9.24. The van der Waals surface area contributed by atoms with Crippen molar-refractivity contribution >= 4 is 23.9 Å². The van der Waals surface area contributed by atoms with Crippen molar-refractivity contribution < 1.29 is 33.4 Å². The van der Waals surface area contributed by atoms with Crippen molar-refractivity contribution in [3.63, 3.8) is 0 Å². The molecule has 0 radical (unpaired) electrons. The zero-order chi connectivity index (χ0) is 21.4. The number of hydrogen-bond acceptors (Lipinski definition) is 7. The molecule has 0 aromatic heterocycles. The predicted octanol–water partition coefficient (Wildman–Crippen LogP) is 1.26. The van der Waals surface area contributed by atoms with E-state index in [0.717, 1.165) is 9.80 Å². The maximum absolute atomic E-state index is 13.1. The van der Waals surface area contributed by atoms with Gasteiger partial charge in [-0.05, 0) is 46.6 Å². The number of rotatable bonds is 4. The van der Waals surface area contributed by atoms with Gasteiger partial charge < -0.3 is 19.1 Å². The van der Waals surface area contributed by atoms with Crippen LogP contribution in [0.25, 0.3) is 0 Å². The molecule has 2 unspecified atom stereocenters. The second-order valence-electron chi connectivity index (χ2n) is 7.77. The number of ether oxygens (including phenoxy) is 3. The van der Waals surface area contributed by atoms with Crippen LogP contribution in [-0.2, 0) is 28.6 Å². The Balaban J connectivity index is 2.67. The number of likely N-dealkylation sites (N-methyl/N-ethyl adjacent to an activating group) is 1. The Morgan fingerprint density at radius 3 is 2.07 bits per heavy atom. The SMILES string of the molecule is C=C1CC2C(=O)N(C)C(C(=O)OCC)(C(=O)OCC)C1N2C(=O)OC(C)(C)C. The third-order valence-electron chi connectivity index (χ3n) is 4.77. The Morgan fingerprint density at radius 2 is 1.64 bits per heavy atom. The first kappa shape index (κ1) is 21.7. The molecule has 0 aromatic rings. The van der Waals surface area contributed by atoms with Gasteiger partial charge in [0.15, 0.2) is 0 Å². The zero-order valence-electron chi connectivity index (χ0n) is 17.2. The highest BCUT2D eigenvalue weighted by molar-refractivity contribution is 6.12. The van der Waals surface area contributed by atoms with Crippen molar-refractivity contribution in [2.24, 2.45) is 0 Å². The summed E-state index contributed by atoms with van der Waals surface area (Å²) >= 11 is 0. The maximum atomic E-state index is 13.1. The van der Waals surface area contributed by atoms with Gasteiger partial charge in [0.05, 0.1) is 13.2 Å². The standard InChI is InChI=1S/C19H28N2O7/c1-8-26-15(23)19(16(24)27-9-2)13-11(3)10-12(14(22)20(19)7)21(13)17(25)28-18(4,5)6/h12-13H,3,8-10H2,1-2,4-7H3. The minimum Gasteiger partial charge on any atom is -0.464 e. The zero-order valence-corrected chi connectivity index (χ0v) is 17.2. The molecule has 2 atom stereocenters. The summed E-state index contributed by atoms with van der Waals surface area (Å²) in [6.45, 7) is 12.1. The van der Waals surface area contributed by atoms with E-state index in [2.05, 4.69) is 6.58 Å². The Hall–Kier alpha value is -2.58. The normalized spacial score (nSPS) is 23.5. The van der Waals surface area contributed by atoms with Gasteiger partial charge in [-0.1, -0.05) is 6.58 Å². The van der Waals surface area contributed by atoms with Gasteiger partial charge in [-0.3, -0.25) is 9.69 Å². The molecule has 0 aliphatic carbocycles. The van der Waals surface area contributed by atoms with Crippen LogP contribution < -0.4 is 0 Å². The van der Waals surface area contributed by atoms with Gasteiger partial charge in [-0.15, -0.1) is 0 Å².